The molecule has 10 heteroatoms. The number of carbonyl (C=O) groups excluding carboxylic acids is 2. The average molecular weight is 539 g/mol. The minimum atomic E-state index is -1.37. The van der Waals surface area contributed by atoms with Crippen LogP contribution < -0.4 is 5.32 Å². The first kappa shape index (κ1) is 25.1. The van der Waals surface area contributed by atoms with E-state index in [0.29, 0.717) is 0 Å². The van der Waals surface area contributed by atoms with E-state index in [9.17, 15) is 34.8 Å². The number of carboxylic acids is 1. The molecule has 2 aliphatic heterocycles. The Bertz CT molecular complexity index is 1770. The molecule has 0 amide bonds. The number of carboxylic acid groups (broad SMARTS) is 1. The molecule has 2 heterocycles. The fourth-order valence-corrected chi connectivity index (χ4v) is 6.54. The molecule has 2 aromatic carbocycles. The number of nitrogens with one attached hydrogen (secondary N) is 1. The number of aliphatic carboxylic acids is 1. The summed E-state index contributed by atoms with van der Waals surface area (Å²) in [5, 5.41) is 45.2. The largest absolute Gasteiger partial charge is 0.507 e. The average Bonchev–Trinajstić information content (AvgIpc) is 3.63. The maximum atomic E-state index is 13.8. The summed E-state index contributed by atoms with van der Waals surface area (Å²) in [6, 6.07) is 3.47. The van der Waals surface area contributed by atoms with Crippen molar-refractivity contribution in [2.75, 3.05) is 19.0 Å². The molecule has 0 unspecified atom stereocenters. The number of hydrogen-bond acceptors (Lipinski definition) is 9. The number of methoxy groups -OCH3 is 1. The first-order valence-electron chi connectivity index (χ1n) is 12.2. The number of phenols is 3. The molecule has 0 spiro atoms. The van der Waals surface area contributed by atoms with Crippen molar-refractivity contribution in [3.8, 4) is 41.4 Å². The zero-order valence-electron chi connectivity index (χ0n) is 21.2. The summed E-state index contributed by atoms with van der Waals surface area (Å²) in [4.78, 5) is 39.6. The van der Waals surface area contributed by atoms with Crippen molar-refractivity contribution in [3.63, 3.8) is 0 Å². The van der Waals surface area contributed by atoms with Gasteiger partial charge in [-0.3, -0.25) is 9.59 Å². The molecule has 5 N–H and O–H groups in total. The third kappa shape index (κ3) is 2.80. The number of carbonyl (C=O) groups is 3. The van der Waals surface area contributed by atoms with E-state index in [1.165, 1.54) is 25.3 Å². The Hall–Kier alpha value is -5.19. The maximum absolute atomic E-state index is 13.8. The molecule has 2 aromatic rings. The van der Waals surface area contributed by atoms with Gasteiger partial charge in [0.1, 0.15) is 40.1 Å². The molecule has 6 rings (SSSR count). The van der Waals surface area contributed by atoms with Gasteiger partial charge in [0.05, 0.1) is 40.6 Å². The summed E-state index contributed by atoms with van der Waals surface area (Å²) in [5.74, 6) is 2.03. The van der Waals surface area contributed by atoms with E-state index in [0.717, 1.165) is 12.1 Å². The Kier molecular flexibility index (Phi) is 5.12. The molecule has 1 saturated heterocycles. The van der Waals surface area contributed by atoms with E-state index < -0.39 is 68.9 Å². The Balaban J connectivity index is 1.65. The number of ether oxygens (including phenoxy) is 2. The molecule has 0 radical (unpaired) electrons. The second-order valence-corrected chi connectivity index (χ2v) is 9.89. The van der Waals surface area contributed by atoms with Gasteiger partial charge in [0.15, 0.2) is 0 Å². The van der Waals surface area contributed by atoms with Crippen molar-refractivity contribution >= 4 is 23.2 Å². The number of terminal acetylenes is 1. The number of benzene rings is 2. The van der Waals surface area contributed by atoms with Crippen LogP contribution in [-0.4, -0.2) is 57.2 Å². The molecule has 4 aliphatic rings. The number of fused-ring (bicyclic) bond motifs is 4. The van der Waals surface area contributed by atoms with Crippen molar-refractivity contribution < 1.29 is 44.3 Å². The number of rotatable bonds is 2. The number of epoxide rings is 1. The molecular formula is C30H21NO9. The quantitative estimate of drug-likeness (QED) is 0.185. The SMILES string of the molecule is C#C/C=C\C#C[C@H]1C(OC)=C(C(=O)O)[C@H](C)[C@]23CNc4c(cc(O)c5c4C(=O)c4c(O)ccc(O)c4C5=O)[C@]12O3. The summed E-state index contributed by atoms with van der Waals surface area (Å²) in [5.41, 5.74) is -3.45. The smallest absolute Gasteiger partial charge is 0.335 e. The Morgan fingerprint density at radius 2 is 1.73 bits per heavy atom. The number of phenolic OH excluding ortho intramolecular Hbond substituents is 3. The van der Waals surface area contributed by atoms with Crippen LogP contribution in [-0.2, 0) is 19.9 Å². The number of anilines is 1. The fourth-order valence-electron chi connectivity index (χ4n) is 6.54. The highest BCUT2D eigenvalue weighted by atomic mass is 16.6. The summed E-state index contributed by atoms with van der Waals surface area (Å²) in [6.45, 7) is 1.72. The standard InChI is InChI=1S/C30H21NO9/c1-4-5-6-7-8-14-27(39-3)19(28(37)38)13(2)29-12-31-24-15(30(14,29)40-29)11-18(34)22-23(24)26(36)21-17(33)10-9-16(32)20(21)25(22)35/h1,5-6,9-11,13-14,31-34H,12H2,2-3H3,(H,37,38)/b6-5-/t13-,14-,29+,30+/m0/s1. The lowest BCUT2D eigenvalue weighted by Gasteiger charge is -2.40. The lowest BCUT2D eigenvalue weighted by Crippen LogP contribution is -2.50. The van der Waals surface area contributed by atoms with Crippen LogP contribution in [0.1, 0.15) is 44.3 Å². The maximum Gasteiger partial charge on any atom is 0.335 e. The summed E-state index contributed by atoms with van der Waals surface area (Å²) >= 11 is 0. The monoisotopic (exact) mass is 539 g/mol. The first-order chi connectivity index (χ1) is 19.1. The highest BCUT2D eigenvalue weighted by molar-refractivity contribution is 6.33. The van der Waals surface area contributed by atoms with Crippen LogP contribution in [0.4, 0.5) is 5.69 Å². The van der Waals surface area contributed by atoms with Gasteiger partial charge in [0, 0.05) is 18.0 Å². The van der Waals surface area contributed by atoms with E-state index in [1.807, 2.05) is 0 Å². The van der Waals surface area contributed by atoms with Gasteiger partial charge in [-0.1, -0.05) is 24.7 Å². The zero-order chi connectivity index (χ0) is 28.7. The van der Waals surface area contributed by atoms with Gasteiger partial charge in [-0.25, -0.2) is 4.79 Å². The molecule has 40 heavy (non-hydrogen) atoms. The molecule has 2 aliphatic carbocycles. The van der Waals surface area contributed by atoms with Gasteiger partial charge in [0.2, 0.25) is 11.6 Å². The van der Waals surface area contributed by atoms with Gasteiger partial charge in [-0.2, -0.15) is 0 Å². The highest BCUT2D eigenvalue weighted by Gasteiger charge is 2.82. The van der Waals surface area contributed by atoms with Crippen LogP contribution in [0.2, 0.25) is 0 Å². The van der Waals surface area contributed by atoms with Gasteiger partial charge in [0.25, 0.3) is 0 Å². The summed E-state index contributed by atoms with van der Waals surface area (Å²) < 4.78 is 12.0. The molecule has 1 fully saturated rings. The Labute approximate surface area is 227 Å². The van der Waals surface area contributed by atoms with E-state index in [-0.39, 0.29) is 40.3 Å². The Morgan fingerprint density at radius 1 is 1.10 bits per heavy atom. The minimum Gasteiger partial charge on any atom is -0.507 e. The third-order valence-corrected chi connectivity index (χ3v) is 8.24. The van der Waals surface area contributed by atoms with Crippen LogP contribution in [0.25, 0.3) is 0 Å². The first-order valence-corrected chi connectivity index (χ1v) is 12.2. The van der Waals surface area contributed by atoms with Gasteiger partial charge >= 0.3 is 5.97 Å². The minimum absolute atomic E-state index is 0.0242. The molecule has 200 valence electrons. The fraction of sp³-hybridized carbons (Fsp3) is 0.233. The summed E-state index contributed by atoms with van der Waals surface area (Å²) in [7, 11) is 1.32. The van der Waals surface area contributed by atoms with Crippen molar-refractivity contribution in [1.29, 1.82) is 0 Å². The second-order valence-electron chi connectivity index (χ2n) is 9.89. The number of aromatic hydroxyl groups is 3. The van der Waals surface area contributed by atoms with Crippen molar-refractivity contribution in [2.24, 2.45) is 11.8 Å². The van der Waals surface area contributed by atoms with E-state index >= 15 is 0 Å². The molecule has 0 aromatic heterocycles. The van der Waals surface area contributed by atoms with E-state index in [2.05, 4.69) is 23.1 Å². The predicted octanol–water partition coefficient (Wildman–Crippen LogP) is 2.41. The molecule has 10 nitrogen and oxygen atoms in total. The van der Waals surface area contributed by atoms with Gasteiger partial charge in [-0.05, 0) is 30.4 Å². The lowest BCUT2D eigenvalue weighted by atomic mass is 9.62. The number of allylic oxidation sites excluding steroid dienone is 2. The van der Waals surface area contributed by atoms with Crippen LogP contribution >= 0.6 is 0 Å². The topological polar surface area (TPSA) is 166 Å². The zero-order valence-corrected chi connectivity index (χ0v) is 21.2. The third-order valence-electron chi connectivity index (χ3n) is 8.24. The van der Waals surface area contributed by atoms with E-state index in [1.54, 1.807) is 6.92 Å². The van der Waals surface area contributed by atoms with Crippen molar-refractivity contribution in [1.82, 2.24) is 0 Å². The van der Waals surface area contributed by atoms with Crippen LogP contribution in [0.15, 0.2) is 41.7 Å². The number of hydrogen-bond donors (Lipinski definition) is 5. The molecule has 0 saturated carbocycles. The van der Waals surface area contributed by atoms with Gasteiger partial charge in [-0.15, -0.1) is 6.42 Å². The normalized spacial score (nSPS) is 27.1. The molecular weight excluding hydrogens is 518 g/mol. The second kappa shape index (κ2) is 8.15. The Morgan fingerprint density at radius 3 is 2.33 bits per heavy atom. The highest BCUT2D eigenvalue weighted by Crippen LogP contribution is 2.72. The number of ketones is 2. The lowest BCUT2D eigenvalue weighted by molar-refractivity contribution is -0.134. The predicted molar refractivity (Wildman–Crippen MR) is 139 cm³/mol. The molecule has 4 atom stereocenters. The van der Waals surface area contributed by atoms with Crippen molar-refractivity contribution in [3.05, 3.63) is 69.5 Å². The van der Waals surface area contributed by atoms with Crippen LogP contribution in [0.5, 0.6) is 17.2 Å². The van der Waals surface area contributed by atoms with Crippen LogP contribution in [0, 0.1) is 36.0 Å². The van der Waals surface area contributed by atoms with Crippen LogP contribution in [0.3, 0.4) is 0 Å². The van der Waals surface area contributed by atoms with E-state index in [4.69, 9.17) is 15.9 Å². The van der Waals surface area contributed by atoms with Crippen molar-refractivity contribution in [2.45, 2.75) is 18.1 Å². The molecule has 0 bridgehead atoms. The van der Waals surface area contributed by atoms with Gasteiger partial charge < -0.3 is 35.2 Å². The summed E-state index contributed by atoms with van der Waals surface area (Å²) in [6.07, 6.45) is 8.05.